The van der Waals surface area contributed by atoms with Gasteiger partial charge in [0.25, 0.3) is 0 Å². The Bertz CT molecular complexity index is 638. The monoisotopic (exact) mass is 333 g/mol. The summed E-state index contributed by atoms with van der Waals surface area (Å²) in [6.07, 6.45) is 0.00575. The summed E-state index contributed by atoms with van der Waals surface area (Å²) < 4.78 is 6.53. The minimum Gasteiger partial charge on any atom is -0.490 e. The maximum Gasteiger partial charge on any atom is 0.198 e. The number of benzene rings is 2. The second-order valence-electron chi connectivity index (χ2n) is 4.72. The summed E-state index contributed by atoms with van der Waals surface area (Å²) in [5.41, 5.74) is 7.37. The number of carbonyl (C=O) groups excluding carboxylic acids is 1. The first-order valence-electron chi connectivity index (χ1n) is 6.34. The number of anilines is 1. The fourth-order valence-corrected chi connectivity index (χ4v) is 2.28. The van der Waals surface area contributed by atoms with E-state index in [0.717, 1.165) is 4.47 Å². The van der Waals surface area contributed by atoms with Crippen molar-refractivity contribution in [1.82, 2.24) is 0 Å². The summed E-state index contributed by atoms with van der Waals surface area (Å²) in [6.45, 7) is 3.85. The number of nitrogen functional groups attached to an aromatic ring is 1. The molecule has 3 nitrogen and oxygen atoms in total. The van der Waals surface area contributed by atoms with E-state index in [9.17, 15) is 4.79 Å². The second kappa shape index (κ2) is 6.09. The molecule has 0 saturated heterocycles. The topological polar surface area (TPSA) is 52.3 Å². The van der Waals surface area contributed by atoms with Gasteiger partial charge in [-0.15, -0.1) is 0 Å². The van der Waals surface area contributed by atoms with Crippen LogP contribution < -0.4 is 10.5 Å². The van der Waals surface area contributed by atoms with E-state index >= 15 is 0 Å². The number of halogens is 1. The van der Waals surface area contributed by atoms with Crippen LogP contribution in [0, 0.1) is 0 Å². The zero-order chi connectivity index (χ0) is 14.7. The molecule has 2 aromatic rings. The zero-order valence-corrected chi connectivity index (χ0v) is 13.0. The van der Waals surface area contributed by atoms with Crippen LogP contribution in [0.4, 0.5) is 5.69 Å². The summed E-state index contributed by atoms with van der Waals surface area (Å²) in [7, 11) is 0. The standard InChI is InChI=1S/C16H16BrNO2/c1-10(2)20-15-6-4-3-5-13(15)16(19)12-8-7-11(17)9-14(12)18/h3-10H,18H2,1-2H3. The predicted octanol–water partition coefficient (Wildman–Crippen LogP) is 4.05. The summed E-state index contributed by atoms with van der Waals surface area (Å²) in [5.74, 6) is 0.445. The van der Waals surface area contributed by atoms with E-state index < -0.39 is 0 Å². The Morgan fingerprint density at radius 3 is 2.50 bits per heavy atom. The number of hydrogen-bond acceptors (Lipinski definition) is 3. The van der Waals surface area contributed by atoms with Crippen molar-refractivity contribution < 1.29 is 9.53 Å². The quantitative estimate of drug-likeness (QED) is 0.678. The maximum atomic E-state index is 12.6. The molecule has 0 heterocycles. The van der Waals surface area contributed by atoms with Crippen molar-refractivity contribution in [2.75, 3.05) is 5.73 Å². The first-order chi connectivity index (χ1) is 9.49. The van der Waals surface area contributed by atoms with Gasteiger partial charge in [0.15, 0.2) is 5.78 Å². The van der Waals surface area contributed by atoms with Crippen LogP contribution in [0.5, 0.6) is 5.75 Å². The Hall–Kier alpha value is -1.81. The van der Waals surface area contributed by atoms with E-state index in [1.807, 2.05) is 26.0 Å². The smallest absolute Gasteiger partial charge is 0.198 e. The Morgan fingerprint density at radius 2 is 1.85 bits per heavy atom. The molecule has 0 saturated carbocycles. The number of carbonyl (C=O) groups is 1. The molecule has 0 aromatic heterocycles. The SMILES string of the molecule is CC(C)Oc1ccccc1C(=O)c1ccc(Br)cc1N. The second-order valence-corrected chi connectivity index (χ2v) is 5.64. The molecule has 0 bridgehead atoms. The van der Waals surface area contributed by atoms with Gasteiger partial charge in [-0.1, -0.05) is 28.1 Å². The highest BCUT2D eigenvalue weighted by atomic mass is 79.9. The first kappa shape index (κ1) is 14.6. The molecule has 0 atom stereocenters. The van der Waals surface area contributed by atoms with E-state index in [1.54, 1.807) is 30.3 Å². The normalized spacial score (nSPS) is 10.6. The van der Waals surface area contributed by atoms with Gasteiger partial charge < -0.3 is 10.5 Å². The van der Waals surface area contributed by atoms with Gasteiger partial charge in [-0.3, -0.25) is 4.79 Å². The van der Waals surface area contributed by atoms with Crippen LogP contribution in [0.15, 0.2) is 46.9 Å². The lowest BCUT2D eigenvalue weighted by Gasteiger charge is -2.14. The Labute approximate surface area is 126 Å². The molecule has 104 valence electrons. The number of ether oxygens (including phenoxy) is 1. The van der Waals surface area contributed by atoms with Crippen LogP contribution in [0.1, 0.15) is 29.8 Å². The molecule has 0 aliphatic carbocycles. The molecule has 2 aromatic carbocycles. The fraction of sp³-hybridized carbons (Fsp3) is 0.188. The number of nitrogens with two attached hydrogens (primary N) is 1. The Balaban J connectivity index is 2.43. The number of para-hydroxylation sites is 1. The molecule has 0 radical (unpaired) electrons. The minimum absolute atomic E-state index is 0.00575. The summed E-state index contributed by atoms with van der Waals surface area (Å²) in [4.78, 5) is 12.6. The van der Waals surface area contributed by atoms with E-state index in [-0.39, 0.29) is 11.9 Å². The summed E-state index contributed by atoms with van der Waals surface area (Å²) >= 11 is 3.33. The largest absolute Gasteiger partial charge is 0.490 e. The van der Waals surface area contributed by atoms with Crippen LogP contribution >= 0.6 is 15.9 Å². The van der Waals surface area contributed by atoms with E-state index in [1.165, 1.54) is 0 Å². The van der Waals surface area contributed by atoms with Gasteiger partial charge in [0, 0.05) is 15.7 Å². The fourth-order valence-electron chi connectivity index (χ4n) is 1.90. The summed E-state index contributed by atoms with van der Waals surface area (Å²) in [5, 5.41) is 0. The number of ketones is 1. The third kappa shape index (κ3) is 3.20. The number of rotatable bonds is 4. The highest BCUT2D eigenvalue weighted by Crippen LogP contribution is 2.26. The molecular formula is C16H16BrNO2. The average Bonchev–Trinajstić information content (AvgIpc) is 2.38. The van der Waals surface area contributed by atoms with Gasteiger partial charge in [-0.05, 0) is 44.2 Å². The van der Waals surface area contributed by atoms with Crippen molar-refractivity contribution in [3.8, 4) is 5.75 Å². The van der Waals surface area contributed by atoms with Crippen LogP contribution in [0.3, 0.4) is 0 Å². The van der Waals surface area contributed by atoms with Gasteiger partial charge in [0.1, 0.15) is 5.75 Å². The molecule has 2 rings (SSSR count). The molecule has 0 aliphatic rings. The minimum atomic E-state index is -0.133. The van der Waals surface area contributed by atoms with E-state index in [4.69, 9.17) is 10.5 Å². The molecule has 0 fully saturated rings. The van der Waals surface area contributed by atoms with Crippen molar-refractivity contribution in [1.29, 1.82) is 0 Å². The van der Waals surface area contributed by atoms with Crippen LogP contribution in [-0.2, 0) is 0 Å². The lowest BCUT2D eigenvalue weighted by Crippen LogP contribution is -2.11. The average molecular weight is 334 g/mol. The molecule has 2 N–H and O–H groups in total. The van der Waals surface area contributed by atoms with Gasteiger partial charge in [0.05, 0.1) is 11.7 Å². The van der Waals surface area contributed by atoms with Crippen LogP contribution in [0.2, 0.25) is 0 Å². The molecule has 0 aliphatic heterocycles. The van der Waals surface area contributed by atoms with Crippen molar-refractivity contribution in [2.45, 2.75) is 20.0 Å². The van der Waals surface area contributed by atoms with E-state index in [0.29, 0.717) is 22.6 Å². The molecule has 4 heteroatoms. The molecular weight excluding hydrogens is 318 g/mol. The van der Waals surface area contributed by atoms with Crippen molar-refractivity contribution >= 4 is 27.4 Å². The van der Waals surface area contributed by atoms with Crippen molar-refractivity contribution in [2.24, 2.45) is 0 Å². The first-order valence-corrected chi connectivity index (χ1v) is 7.13. The van der Waals surface area contributed by atoms with Gasteiger partial charge >= 0.3 is 0 Å². The van der Waals surface area contributed by atoms with E-state index in [2.05, 4.69) is 15.9 Å². The molecule has 0 unspecified atom stereocenters. The molecule has 20 heavy (non-hydrogen) atoms. The van der Waals surface area contributed by atoms with Gasteiger partial charge in [-0.2, -0.15) is 0 Å². The zero-order valence-electron chi connectivity index (χ0n) is 11.4. The third-order valence-corrected chi connectivity index (χ3v) is 3.25. The van der Waals surface area contributed by atoms with Crippen LogP contribution in [0.25, 0.3) is 0 Å². The summed E-state index contributed by atoms with van der Waals surface area (Å²) in [6, 6.07) is 12.4. The lowest BCUT2D eigenvalue weighted by atomic mass is 10.0. The lowest BCUT2D eigenvalue weighted by molar-refractivity contribution is 0.103. The van der Waals surface area contributed by atoms with Crippen LogP contribution in [-0.4, -0.2) is 11.9 Å². The van der Waals surface area contributed by atoms with Crippen molar-refractivity contribution in [3.63, 3.8) is 0 Å². The van der Waals surface area contributed by atoms with Gasteiger partial charge in [0.2, 0.25) is 0 Å². The Morgan fingerprint density at radius 1 is 1.15 bits per heavy atom. The highest BCUT2D eigenvalue weighted by molar-refractivity contribution is 9.10. The van der Waals surface area contributed by atoms with Crippen molar-refractivity contribution in [3.05, 3.63) is 58.1 Å². The highest BCUT2D eigenvalue weighted by Gasteiger charge is 2.17. The van der Waals surface area contributed by atoms with Gasteiger partial charge in [-0.25, -0.2) is 0 Å². The predicted molar refractivity (Wildman–Crippen MR) is 84.2 cm³/mol. The maximum absolute atomic E-state index is 12.6. The molecule has 0 amide bonds. The number of hydrogen-bond donors (Lipinski definition) is 1. The Kier molecular flexibility index (Phi) is 4.45. The third-order valence-electron chi connectivity index (χ3n) is 2.75. The molecule has 0 spiro atoms.